The molecule has 0 saturated heterocycles. The van der Waals surface area contributed by atoms with Gasteiger partial charge in [-0.2, -0.15) is 0 Å². The van der Waals surface area contributed by atoms with Crippen molar-refractivity contribution in [3.05, 3.63) is 52.5 Å². The van der Waals surface area contributed by atoms with Gasteiger partial charge in [0.15, 0.2) is 5.11 Å². The van der Waals surface area contributed by atoms with Crippen LogP contribution < -0.4 is 20.7 Å². The number of halogens is 1. The van der Waals surface area contributed by atoms with E-state index in [0.29, 0.717) is 35.2 Å². The normalized spacial score (nSPS) is 13.9. The molecule has 1 aliphatic carbocycles. The lowest BCUT2D eigenvalue weighted by Gasteiger charge is -2.21. The molecule has 0 atom stereocenters. The fraction of sp³-hybridized carbons (Fsp3) is 0.400. The van der Waals surface area contributed by atoms with Gasteiger partial charge in [0.25, 0.3) is 5.91 Å². The van der Waals surface area contributed by atoms with Crippen LogP contribution in [-0.4, -0.2) is 23.5 Å². The molecule has 2 amide bonds. The molecule has 3 rings (SSSR count). The summed E-state index contributed by atoms with van der Waals surface area (Å²) in [5.74, 6) is 0.603. The van der Waals surface area contributed by atoms with Gasteiger partial charge >= 0.3 is 0 Å². The third kappa shape index (κ3) is 7.82. The second-order valence-electron chi connectivity index (χ2n) is 8.66. The van der Waals surface area contributed by atoms with E-state index in [1.807, 2.05) is 38.1 Å². The first kappa shape index (κ1) is 25.2. The number of amides is 2. The van der Waals surface area contributed by atoms with Crippen LogP contribution in [0.5, 0.6) is 5.75 Å². The summed E-state index contributed by atoms with van der Waals surface area (Å²) in [6.07, 6.45) is 5.31. The zero-order chi connectivity index (χ0) is 23.8. The topological polar surface area (TPSA) is 79.5 Å². The monoisotopic (exact) mass is 531 g/mol. The molecular formula is C25H30BrN3O3S. The molecule has 8 heteroatoms. The molecule has 0 heterocycles. The average Bonchev–Trinajstić information content (AvgIpc) is 2.78. The summed E-state index contributed by atoms with van der Waals surface area (Å²) >= 11 is 8.75. The van der Waals surface area contributed by atoms with Crippen LogP contribution in [0.1, 0.15) is 56.3 Å². The van der Waals surface area contributed by atoms with Crippen molar-refractivity contribution in [1.82, 2.24) is 5.32 Å². The molecule has 176 valence electrons. The Bertz CT molecular complexity index is 1010. The van der Waals surface area contributed by atoms with Gasteiger partial charge in [-0.05, 0) is 67.4 Å². The molecule has 1 fully saturated rings. The minimum absolute atomic E-state index is 0.0614. The first-order chi connectivity index (χ1) is 15.8. The lowest BCUT2D eigenvalue weighted by atomic mass is 9.88. The van der Waals surface area contributed by atoms with Gasteiger partial charge in [-0.1, -0.05) is 55.1 Å². The van der Waals surface area contributed by atoms with E-state index in [1.165, 1.54) is 6.42 Å². The van der Waals surface area contributed by atoms with Crippen LogP contribution in [-0.2, 0) is 4.79 Å². The Morgan fingerprint density at radius 3 is 2.45 bits per heavy atom. The van der Waals surface area contributed by atoms with E-state index in [2.05, 4.69) is 31.9 Å². The molecule has 0 spiro atoms. The minimum atomic E-state index is -0.366. The first-order valence-electron chi connectivity index (χ1n) is 11.3. The second-order valence-corrected chi connectivity index (χ2v) is 9.98. The van der Waals surface area contributed by atoms with Gasteiger partial charge in [-0.25, -0.2) is 0 Å². The van der Waals surface area contributed by atoms with Crippen LogP contribution in [0.4, 0.5) is 11.4 Å². The number of carbonyl (C=O) groups excluding carboxylic acids is 2. The molecule has 0 aliphatic heterocycles. The number of carbonyl (C=O) groups is 2. The van der Waals surface area contributed by atoms with E-state index in [4.69, 9.17) is 17.0 Å². The van der Waals surface area contributed by atoms with Crippen molar-refractivity contribution in [1.29, 1.82) is 0 Å². The Balaban J connectivity index is 1.60. The van der Waals surface area contributed by atoms with E-state index < -0.39 is 0 Å². The lowest BCUT2D eigenvalue weighted by Crippen LogP contribution is -2.34. The van der Waals surface area contributed by atoms with Crippen LogP contribution in [0, 0.1) is 11.8 Å². The highest BCUT2D eigenvalue weighted by molar-refractivity contribution is 9.10. The summed E-state index contributed by atoms with van der Waals surface area (Å²) in [6.45, 7) is 4.59. The van der Waals surface area contributed by atoms with Gasteiger partial charge < -0.3 is 15.4 Å². The van der Waals surface area contributed by atoms with Gasteiger partial charge in [0, 0.05) is 21.8 Å². The number of thiocarbonyl (C=S) groups is 1. The number of nitrogens with one attached hydrogen (secondary N) is 3. The Morgan fingerprint density at radius 1 is 1.06 bits per heavy atom. The zero-order valence-electron chi connectivity index (χ0n) is 18.9. The fourth-order valence-corrected chi connectivity index (χ4v) is 4.25. The molecular weight excluding hydrogens is 502 g/mol. The molecule has 2 aromatic carbocycles. The highest BCUT2D eigenvalue weighted by atomic mass is 79.9. The number of ether oxygens (including phenoxy) is 1. The predicted octanol–water partition coefficient (Wildman–Crippen LogP) is 6.13. The van der Waals surface area contributed by atoms with Crippen LogP contribution in [0.2, 0.25) is 0 Å². The highest BCUT2D eigenvalue weighted by Crippen LogP contribution is 2.26. The molecule has 6 nitrogen and oxygen atoms in total. The maximum Gasteiger partial charge on any atom is 0.261 e. The van der Waals surface area contributed by atoms with Crippen molar-refractivity contribution in [3.63, 3.8) is 0 Å². The van der Waals surface area contributed by atoms with Gasteiger partial charge in [0.1, 0.15) is 5.75 Å². The average molecular weight is 533 g/mol. The summed E-state index contributed by atoms with van der Waals surface area (Å²) in [4.78, 5) is 25.4. The SMILES string of the molecule is CC(C)COc1ccc(Br)cc1C(=O)NC(=S)Nc1cccc(NC(=O)C2CCCCC2)c1. The Hall–Kier alpha value is -2.45. The van der Waals surface area contributed by atoms with Crippen LogP contribution in [0.15, 0.2) is 46.9 Å². The van der Waals surface area contributed by atoms with Gasteiger partial charge in [0.05, 0.1) is 12.2 Å². The number of hydrogen-bond acceptors (Lipinski definition) is 4. The molecule has 1 aliphatic rings. The summed E-state index contributed by atoms with van der Waals surface area (Å²) in [6, 6.07) is 12.6. The van der Waals surface area contributed by atoms with E-state index in [-0.39, 0.29) is 22.8 Å². The van der Waals surface area contributed by atoms with Crippen molar-refractivity contribution in [2.24, 2.45) is 11.8 Å². The number of benzene rings is 2. The highest BCUT2D eigenvalue weighted by Gasteiger charge is 2.21. The smallest absolute Gasteiger partial charge is 0.261 e. The number of anilines is 2. The third-order valence-corrected chi connectivity index (χ3v) is 6.05. The molecule has 0 unspecified atom stereocenters. The number of rotatable bonds is 7. The number of hydrogen-bond donors (Lipinski definition) is 3. The maximum atomic E-state index is 12.9. The minimum Gasteiger partial charge on any atom is -0.492 e. The lowest BCUT2D eigenvalue weighted by molar-refractivity contribution is -0.120. The van der Waals surface area contributed by atoms with Gasteiger partial charge in [0.2, 0.25) is 5.91 Å². The molecule has 2 aromatic rings. The molecule has 1 saturated carbocycles. The third-order valence-electron chi connectivity index (χ3n) is 5.35. The van der Waals surface area contributed by atoms with Crippen LogP contribution in [0.25, 0.3) is 0 Å². The molecule has 3 N–H and O–H groups in total. The van der Waals surface area contributed by atoms with Crippen molar-refractivity contribution >= 4 is 56.4 Å². The van der Waals surface area contributed by atoms with E-state index in [0.717, 1.165) is 30.2 Å². The van der Waals surface area contributed by atoms with E-state index in [9.17, 15) is 9.59 Å². The Morgan fingerprint density at radius 2 is 1.76 bits per heavy atom. The molecule has 0 aromatic heterocycles. The summed E-state index contributed by atoms with van der Waals surface area (Å²) in [7, 11) is 0. The Labute approximate surface area is 209 Å². The first-order valence-corrected chi connectivity index (χ1v) is 12.5. The Kier molecular flexibility index (Phi) is 9.26. The molecule has 0 radical (unpaired) electrons. The van der Waals surface area contributed by atoms with Crippen molar-refractivity contribution in [2.45, 2.75) is 46.0 Å². The van der Waals surface area contributed by atoms with Crippen molar-refractivity contribution in [2.75, 3.05) is 17.2 Å². The fourth-order valence-electron chi connectivity index (χ4n) is 3.68. The van der Waals surface area contributed by atoms with E-state index >= 15 is 0 Å². The van der Waals surface area contributed by atoms with Gasteiger partial charge in [-0.15, -0.1) is 0 Å². The van der Waals surface area contributed by atoms with Crippen molar-refractivity contribution < 1.29 is 14.3 Å². The largest absolute Gasteiger partial charge is 0.492 e. The van der Waals surface area contributed by atoms with E-state index in [1.54, 1.807) is 18.2 Å². The summed E-state index contributed by atoms with van der Waals surface area (Å²) < 4.78 is 6.56. The van der Waals surface area contributed by atoms with Crippen LogP contribution in [0.3, 0.4) is 0 Å². The predicted molar refractivity (Wildman–Crippen MR) is 140 cm³/mol. The molecule has 0 bridgehead atoms. The zero-order valence-corrected chi connectivity index (χ0v) is 21.4. The molecule has 33 heavy (non-hydrogen) atoms. The summed E-state index contributed by atoms with van der Waals surface area (Å²) in [5.41, 5.74) is 1.76. The van der Waals surface area contributed by atoms with Crippen molar-refractivity contribution in [3.8, 4) is 5.75 Å². The standard InChI is InChI=1S/C25H30BrN3O3S/c1-16(2)15-32-22-12-11-18(26)13-21(22)24(31)29-25(33)28-20-10-6-9-19(14-20)27-23(30)17-7-4-3-5-8-17/h6,9-14,16-17H,3-5,7-8,15H2,1-2H3,(H,27,30)(H2,28,29,31,33). The van der Waals surface area contributed by atoms with Crippen LogP contribution >= 0.6 is 28.1 Å². The quantitative estimate of drug-likeness (QED) is 0.374. The maximum absolute atomic E-state index is 12.9. The second kappa shape index (κ2) is 12.1. The summed E-state index contributed by atoms with van der Waals surface area (Å²) in [5, 5.41) is 8.88. The van der Waals surface area contributed by atoms with Gasteiger partial charge in [-0.3, -0.25) is 14.9 Å².